The summed E-state index contributed by atoms with van der Waals surface area (Å²) in [4.78, 5) is 23.0. The summed E-state index contributed by atoms with van der Waals surface area (Å²) < 4.78 is 5.55. The zero-order valence-electron chi connectivity index (χ0n) is 12.8. The summed E-state index contributed by atoms with van der Waals surface area (Å²) in [6.45, 7) is 1.96. The molecule has 0 radical (unpaired) electrons. The number of hydrogen-bond acceptors (Lipinski definition) is 3. The Morgan fingerprint density at radius 1 is 1.13 bits per heavy atom. The molecule has 0 heterocycles. The van der Waals surface area contributed by atoms with E-state index in [1.807, 2.05) is 0 Å². The molecular formula is C18H18ClNO3. The summed E-state index contributed by atoms with van der Waals surface area (Å²) in [7, 11) is 0. The van der Waals surface area contributed by atoms with Gasteiger partial charge in [0.15, 0.2) is 5.78 Å². The van der Waals surface area contributed by atoms with E-state index in [9.17, 15) is 9.59 Å². The number of carbonyl (C=O) groups is 2. The monoisotopic (exact) mass is 331 g/mol. The third kappa shape index (κ3) is 5.75. The summed E-state index contributed by atoms with van der Waals surface area (Å²) in [5, 5.41) is 3.37. The summed E-state index contributed by atoms with van der Waals surface area (Å²) >= 11 is 5.86. The van der Waals surface area contributed by atoms with Gasteiger partial charge in [0, 0.05) is 22.7 Å². The van der Waals surface area contributed by atoms with Gasteiger partial charge in [-0.05, 0) is 55.8 Å². The summed E-state index contributed by atoms with van der Waals surface area (Å²) in [5.74, 6) is 0.627. The van der Waals surface area contributed by atoms with Crippen molar-refractivity contribution >= 4 is 29.0 Å². The van der Waals surface area contributed by atoms with Crippen molar-refractivity contribution in [3.8, 4) is 5.75 Å². The van der Waals surface area contributed by atoms with Crippen LogP contribution < -0.4 is 10.1 Å². The molecule has 5 heteroatoms. The predicted molar refractivity (Wildman–Crippen MR) is 91.3 cm³/mol. The topological polar surface area (TPSA) is 55.4 Å². The van der Waals surface area contributed by atoms with Gasteiger partial charge in [-0.1, -0.05) is 17.7 Å². The van der Waals surface area contributed by atoms with E-state index in [0.29, 0.717) is 41.5 Å². The van der Waals surface area contributed by atoms with Crippen LogP contribution in [0.5, 0.6) is 5.75 Å². The van der Waals surface area contributed by atoms with Crippen molar-refractivity contribution < 1.29 is 14.3 Å². The average molecular weight is 332 g/mol. The fourth-order valence-corrected chi connectivity index (χ4v) is 2.19. The van der Waals surface area contributed by atoms with Gasteiger partial charge in [0.2, 0.25) is 5.91 Å². The molecule has 0 saturated carbocycles. The third-order valence-electron chi connectivity index (χ3n) is 3.19. The van der Waals surface area contributed by atoms with Crippen molar-refractivity contribution in [1.29, 1.82) is 0 Å². The molecular weight excluding hydrogens is 314 g/mol. The smallest absolute Gasteiger partial charge is 0.224 e. The Labute approximate surface area is 140 Å². The average Bonchev–Trinajstić information content (AvgIpc) is 2.52. The quantitative estimate of drug-likeness (QED) is 0.606. The van der Waals surface area contributed by atoms with Crippen LogP contribution in [0.2, 0.25) is 5.02 Å². The first-order chi connectivity index (χ1) is 11.0. The minimum absolute atomic E-state index is 0.0224. The minimum atomic E-state index is -0.0807. The molecule has 0 saturated heterocycles. The van der Waals surface area contributed by atoms with Crippen LogP contribution in [-0.4, -0.2) is 18.3 Å². The molecule has 0 atom stereocenters. The molecule has 23 heavy (non-hydrogen) atoms. The summed E-state index contributed by atoms with van der Waals surface area (Å²) in [5.41, 5.74) is 1.33. The van der Waals surface area contributed by atoms with Crippen LogP contribution in [0, 0.1) is 0 Å². The maximum absolute atomic E-state index is 11.8. The molecule has 0 aliphatic rings. The van der Waals surface area contributed by atoms with Crippen LogP contribution >= 0.6 is 11.6 Å². The molecule has 2 aromatic carbocycles. The van der Waals surface area contributed by atoms with Gasteiger partial charge in [0.25, 0.3) is 0 Å². The number of rotatable bonds is 7. The highest BCUT2D eigenvalue weighted by Gasteiger charge is 2.04. The van der Waals surface area contributed by atoms with Crippen LogP contribution in [-0.2, 0) is 4.79 Å². The van der Waals surface area contributed by atoms with Crippen LogP contribution in [0.3, 0.4) is 0 Å². The molecule has 0 bridgehead atoms. The lowest BCUT2D eigenvalue weighted by Crippen LogP contribution is -2.12. The number of anilines is 1. The highest BCUT2D eigenvalue weighted by atomic mass is 35.5. The Hall–Kier alpha value is -2.33. The lowest BCUT2D eigenvalue weighted by atomic mass is 10.1. The molecule has 2 rings (SSSR count). The first-order valence-electron chi connectivity index (χ1n) is 7.34. The number of benzene rings is 2. The Bertz CT molecular complexity index is 683. The van der Waals surface area contributed by atoms with E-state index in [1.165, 1.54) is 6.92 Å². The SMILES string of the molecule is CC(=O)c1ccc(OCCCC(=O)Nc2cccc(Cl)c2)cc1. The van der Waals surface area contributed by atoms with E-state index in [4.69, 9.17) is 16.3 Å². The van der Waals surface area contributed by atoms with Crippen molar-refractivity contribution in [1.82, 2.24) is 0 Å². The lowest BCUT2D eigenvalue weighted by molar-refractivity contribution is -0.116. The molecule has 0 fully saturated rings. The largest absolute Gasteiger partial charge is 0.494 e. The van der Waals surface area contributed by atoms with E-state index in [0.717, 1.165) is 0 Å². The van der Waals surface area contributed by atoms with Crippen molar-refractivity contribution in [2.75, 3.05) is 11.9 Å². The van der Waals surface area contributed by atoms with Gasteiger partial charge in [-0.15, -0.1) is 0 Å². The van der Waals surface area contributed by atoms with Gasteiger partial charge in [-0.3, -0.25) is 9.59 Å². The number of nitrogens with one attached hydrogen (secondary N) is 1. The Morgan fingerprint density at radius 3 is 2.52 bits per heavy atom. The minimum Gasteiger partial charge on any atom is -0.494 e. The van der Waals surface area contributed by atoms with E-state index in [2.05, 4.69) is 5.32 Å². The Balaban J connectivity index is 1.70. The van der Waals surface area contributed by atoms with E-state index < -0.39 is 0 Å². The number of amides is 1. The first kappa shape index (κ1) is 17.0. The fraction of sp³-hybridized carbons (Fsp3) is 0.222. The number of ether oxygens (including phenoxy) is 1. The summed E-state index contributed by atoms with van der Waals surface area (Å²) in [6.07, 6.45) is 0.957. The molecule has 2 aromatic rings. The third-order valence-corrected chi connectivity index (χ3v) is 3.42. The number of carbonyl (C=O) groups excluding carboxylic acids is 2. The van der Waals surface area contributed by atoms with Gasteiger partial charge in [-0.25, -0.2) is 0 Å². The molecule has 0 spiro atoms. The van der Waals surface area contributed by atoms with Gasteiger partial charge in [0.05, 0.1) is 6.61 Å². The molecule has 0 aromatic heterocycles. The van der Waals surface area contributed by atoms with E-state index in [1.54, 1.807) is 48.5 Å². The van der Waals surface area contributed by atoms with Crippen LogP contribution in [0.4, 0.5) is 5.69 Å². The lowest BCUT2D eigenvalue weighted by Gasteiger charge is -2.07. The first-order valence-corrected chi connectivity index (χ1v) is 7.71. The standard InChI is InChI=1S/C18H18ClNO3/c1-13(21)14-7-9-17(10-8-14)23-11-3-6-18(22)20-16-5-2-4-15(19)12-16/h2,4-5,7-10,12H,3,6,11H2,1H3,(H,20,22). The van der Waals surface area contributed by atoms with Crippen molar-refractivity contribution in [2.45, 2.75) is 19.8 Å². The van der Waals surface area contributed by atoms with Crippen molar-refractivity contribution in [3.63, 3.8) is 0 Å². The van der Waals surface area contributed by atoms with E-state index in [-0.39, 0.29) is 11.7 Å². The van der Waals surface area contributed by atoms with Crippen LogP contribution in [0.1, 0.15) is 30.1 Å². The number of halogens is 1. The molecule has 0 aliphatic carbocycles. The molecule has 4 nitrogen and oxygen atoms in total. The molecule has 1 N–H and O–H groups in total. The second kappa shape index (κ2) is 8.34. The van der Waals surface area contributed by atoms with Crippen molar-refractivity contribution in [2.24, 2.45) is 0 Å². The number of hydrogen-bond donors (Lipinski definition) is 1. The molecule has 120 valence electrons. The van der Waals surface area contributed by atoms with Gasteiger partial charge >= 0.3 is 0 Å². The van der Waals surface area contributed by atoms with E-state index >= 15 is 0 Å². The molecule has 0 aliphatic heterocycles. The van der Waals surface area contributed by atoms with Gasteiger partial charge in [-0.2, -0.15) is 0 Å². The van der Waals surface area contributed by atoms with Crippen molar-refractivity contribution in [3.05, 3.63) is 59.1 Å². The highest BCUT2D eigenvalue weighted by Crippen LogP contribution is 2.16. The molecule has 1 amide bonds. The van der Waals surface area contributed by atoms with Gasteiger partial charge in [0.1, 0.15) is 5.75 Å². The Morgan fingerprint density at radius 2 is 1.87 bits per heavy atom. The maximum Gasteiger partial charge on any atom is 0.224 e. The number of Topliss-reactive ketones (excluding diaryl/α,β-unsaturated/α-hetero) is 1. The number of ketones is 1. The zero-order valence-corrected chi connectivity index (χ0v) is 13.6. The zero-order chi connectivity index (χ0) is 16.7. The second-order valence-corrected chi connectivity index (χ2v) is 5.53. The maximum atomic E-state index is 11.8. The molecule has 0 unspecified atom stereocenters. The van der Waals surface area contributed by atoms with Crippen LogP contribution in [0.25, 0.3) is 0 Å². The fourth-order valence-electron chi connectivity index (χ4n) is 2.00. The normalized spacial score (nSPS) is 10.2. The Kier molecular flexibility index (Phi) is 6.18. The van der Waals surface area contributed by atoms with Crippen LogP contribution in [0.15, 0.2) is 48.5 Å². The second-order valence-electron chi connectivity index (χ2n) is 5.09. The summed E-state index contributed by atoms with van der Waals surface area (Å²) in [6, 6.07) is 14.0. The highest BCUT2D eigenvalue weighted by molar-refractivity contribution is 6.30. The predicted octanol–water partition coefficient (Wildman–Crippen LogP) is 4.34. The van der Waals surface area contributed by atoms with Gasteiger partial charge < -0.3 is 10.1 Å².